The van der Waals surface area contributed by atoms with Gasteiger partial charge < -0.3 is 14.6 Å². The minimum absolute atomic E-state index is 0.544. The summed E-state index contributed by atoms with van der Waals surface area (Å²) in [6, 6.07) is 6.90. The maximum absolute atomic E-state index is 3.73. The molecule has 1 aliphatic rings. The van der Waals surface area contributed by atoms with Crippen molar-refractivity contribution in [3.63, 3.8) is 0 Å². The number of nitrogens with zero attached hydrogens (tertiary/aromatic N) is 2. The summed E-state index contributed by atoms with van der Waals surface area (Å²) >= 11 is 3.73. The van der Waals surface area contributed by atoms with Gasteiger partial charge >= 0.3 is 0 Å². The molecule has 0 bridgehead atoms. The van der Waals surface area contributed by atoms with Crippen LogP contribution in [-0.2, 0) is 6.42 Å². The van der Waals surface area contributed by atoms with Crippen LogP contribution >= 0.6 is 15.9 Å². The van der Waals surface area contributed by atoms with Crippen molar-refractivity contribution in [2.24, 2.45) is 0 Å². The van der Waals surface area contributed by atoms with E-state index in [4.69, 9.17) is 0 Å². The lowest BCUT2D eigenvalue weighted by molar-refractivity contribution is 0.237. The molecule has 1 N–H and O–H groups in total. The summed E-state index contributed by atoms with van der Waals surface area (Å²) < 4.78 is 3.54. The van der Waals surface area contributed by atoms with E-state index in [9.17, 15) is 0 Å². The molecule has 2 aromatic heterocycles. The summed E-state index contributed by atoms with van der Waals surface area (Å²) in [5.74, 6) is 0. The number of rotatable bonds is 2. The predicted molar refractivity (Wildman–Crippen MR) is 82.8 cm³/mol. The molecule has 3 rings (SSSR count). The van der Waals surface area contributed by atoms with Crippen molar-refractivity contribution in [2.45, 2.75) is 19.4 Å². The van der Waals surface area contributed by atoms with Gasteiger partial charge in [-0.1, -0.05) is 6.07 Å². The number of hydrogen-bond donors (Lipinski definition) is 1. The average molecular weight is 322 g/mol. The Balaban J connectivity index is 1.94. The predicted octanol–water partition coefficient (Wildman–Crippen LogP) is 2.46. The zero-order valence-electron chi connectivity index (χ0n) is 11.5. The van der Waals surface area contributed by atoms with Crippen molar-refractivity contribution in [1.82, 2.24) is 14.6 Å². The molecule has 2 aromatic rings. The van der Waals surface area contributed by atoms with Crippen molar-refractivity contribution < 1.29 is 0 Å². The van der Waals surface area contributed by atoms with Crippen LogP contribution in [0.25, 0.3) is 5.52 Å². The van der Waals surface area contributed by atoms with Gasteiger partial charge in [-0.15, -0.1) is 0 Å². The Labute approximate surface area is 122 Å². The third kappa shape index (κ3) is 2.45. The van der Waals surface area contributed by atoms with E-state index in [0.717, 1.165) is 26.1 Å². The first-order chi connectivity index (χ1) is 9.16. The molecule has 3 nitrogen and oxygen atoms in total. The zero-order chi connectivity index (χ0) is 13.4. The fraction of sp³-hybridized carbons (Fsp3) is 0.467. The third-order valence-electron chi connectivity index (χ3n) is 4.04. The van der Waals surface area contributed by atoms with E-state index in [-0.39, 0.29) is 0 Å². The second-order valence-electron chi connectivity index (χ2n) is 5.46. The van der Waals surface area contributed by atoms with Gasteiger partial charge in [-0.2, -0.15) is 0 Å². The van der Waals surface area contributed by atoms with Gasteiger partial charge in [0.2, 0.25) is 0 Å². The molecule has 1 unspecified atom stereocenters. The molecular weight excluding hydrogens is 302 g/mol. The Morgan fingerprint density at radius 2 is 2.26 bits per heavy atom. The van der Waals surface area contributed by atoms with Crippen LogP contribution in [-0.4, -0.2) is 42.0 Å². The number of pyridine rings is 1. The van der Waals surface area contributed by atoms with Crippen LogP contribution in [0.1, 0.15) is 11.3 Å². The number of piperazine rings is 1. The molecule has 3 heterocycles. The first-order valence-corrected chi connectivity index (χ1v) is 7.62. The summed E-state index contributed by atoms with van der Waals surface area (Å²) in [6.45, 7) is 5.56. The molecule has 0 radical (unpaired) electrons. The van der Waals surface area contributed by atoms with Crippen molar-refractivity contribution in [3.05, 3.63) is 40.1 Å². The number of likely N-dealkylation sites (N-methyl/N-ethyl adjacent to an activating group) is 1. The Hall–Kier alpha value is -0.840. The van der Waals surface area contributed by atoms with Crippen LogP contribution < -0.4 is 5.32 Å². The zero-order valence-corrected chi connectivity index (χ0v) is 13.1. The summed E-state index contributed by atoms with van der Waals surface area (Å²) in [5.41, 5.74) is 4.04. The van der Waals surface area contributed by atoms with Gasteiger partial charge in [-0.05, 0) is 47.6 Å². The molecule has 0 aromatic carbocycles. The quantitative estimate of drug-likeness (QED) is 0.916. The second-order valence-corrected chi connectivity index (χ2v) is 6.25. The largest absolute Gasteiger partial charge is 0.319 e. The van der Waals surface area contributed by atoms with E-state index >= 15 is 0 Å². The average Bonchev–Trinajstić information content (AvgIpc) is 2.65. The van der Waals surface area contributed by atoms with Crippen LogP contribution in [0.3, 0.4) is 0 Å². The molecule has 4 heteroatoms. The van der Waals surface area contributed by atoms with Crippen molar-refractivity contribution in [2.75, 3.05) is 26.7 Å². The van der Waals surface area contributed by atoms with E-state index in [1.807, 2.05) is 0 Å². The number of hydrogen-bond acceptors (Lipinski definition) is 2. The normalized spacial score (nSPS) is 21.1. The summed E-state index contributed by atoms with van der Waals surface area (Å²) in [7, 11) is 2.20. The van der Waals surface area contributed by atoms with Gasteiger partial charge in [0.1, 0.15) is 0 Å². The Morgan fingerprint density at radius 3 is 3.05 bits per heavy atom. The van der Waals surface area contributed by atoms with Gasteiger partial charge in [-0.25, -0.2) is 0 Å². The topological polar surface area (TPSA) is 19.7 Å². The summed E-state index contributed by atoms with van der Waals surface area (Å²) in [5, 5.41) is 3.63. The number of fused-ring (bicyclic) bond motifs is 1. The third-order valence-corrected chi connectivity index (χ3v) is 5.04. The molecule has 1 aliphatic heterocycles. The van der Waals surface area contributed by atoms with E-state index in [1.165, 1.54) is 21.2 Å². The number of aromatic nitrogens is 1. The molecule has 19 heavy (non-hydrogen) atoms. The van der Waals surface area contributed by atoms with Gasteiger partial charge in [0.15, 0.2) is 0 Å². The highest BCUT2D eigenvalue weighted by Crippen LogP contribution is 2.29. The fourth-order valence-corrected chi connectivity index (χ4v) is 3.52. The van der Waals surface area contributed by atoms with Gasteiger partial charge in [0.25, 0.3) is 0 Å². The fourth-order valence-electron chi connectivity index (χ4n) is 2.97. The Bertz CT molecular complexity index is 590. The monoisotopic (exact) mass is 321 g/mol. The van der Waals surface area contributed by atoms with E-state index in [1.54, 1.807) is 0 Å². The van der Waals surface area contributed by atoms with Crippen LogP contribution in [0.4, 0.5) is 0 Å². The van der Waals surface area contributed by atoms with Gasteiger partial charge in [-0.3, -0.25) is 0 Å². The maximum Gasteiger partial charge on any atom is 0.0597 e. The lowest BCUT2D eigenvalue weighted by Gasteiger charge is -2.31. The van der Waals surface area contributed by atoms with E-state index in [2.05, 4.69) is 68.9 Å². The molecule has 0 saturated carbocycles. The van der Waals surface area contributed by atoms with Crippen LogP contribution in [0.2, 0.25) is 0 Å². The molecule has 0 amide bonds. The van der Waals surface area contributed by atoms with Crippen molar-refractivity contribution >= 4 is 21.4 Å². The highest BCUT2D eigenvalue weighted by Gasteiger charge is 2.20. The minimum atomic E-state index is 0.544. The molecule has 1 saturated heterocycles. The SMILES string of the molecule is Cc1c(Br)c2ccccn2c1CC1CN(C)CCN1. The minimum Gasteiger partial charge on any atom is -0.319 e. The van der Waals surface area contributed by atoms with E-state index < -0.39 is 0 Å². The second kappa shape index (κ2) is 5.27. The van der Waals surface area contributed by atoms with Crippen molar-refractivity contribution in [3.8, 4) is 0 Å². The van der Waals surface area contributed by atoms with Crippen LogP contribution in [0.5, 0.6) is 0 Å². The van der Waals surface area contributed by atoms with Crippen LogP contribution in [0, 0.1) is 6.92 Å². The molecule has 0 aliphatic carbocycles. The molecule has 1 atom stereocenters. The highest BCUT2D eigenvalue weighted by atomic mass is 79.9. The first-order valence-electron chi connectivity index (χ1n) is 6.83. The molecular formula is C15H20BrN3. The molecule has 0 spiro atoms. The van der Waals surface area contributed by atoms with E-state index in [0.29, 0.717) is 6.04 Å². The molecule has 1 fully saturated rings. The first kappa shape index (κ1) is 13.2. The summed E-state index contributed by atoms with van der Waals surface area (Å²) in [6.07, 6.45) is 3.24. The maximum atomic E-state index is 3.73. The van der Waals surface area contributed by atoms with Crippen LogP contribution in [0.15, 0.2) is 28.9 Å². The number of nitrogens with one attached hydrogen (secondary N) is 1. The molecule has 102 valence electrons. The lowest BCUT2D eigenvalue weighted by atomic mass is 10.1. The Kier molecular flexibility index (Phi) is 3.65. The smallest absolute Gasteiger partial charge is 0.0597 e. The Morgan fingerprint density at radius 1 is 1.42 bits per heavy atom. The summed E-state index contributed by atoms with van der Waals surface area (Å²) in [4.78, 5) is 2.40. The lowest BCUT2D eigenvalue weighted by Crippen LogP contribution is -2.50. The standard InChI is InChI=1S/C15H20BrN3/c1-11-14(9-12-10-18(2)8-6-17-12)19-7-4-3-5-13(19)15(11)16/h3-5,7,12,17H,6,8-10H2,1-2H3. The number of halogens is 1. The van der Waals surface area contributed by atoms with Gasteiger partial charge in [0.05, 0.1) is 5.52 Å². The highest BCUT2D eigenvalue weighted by molar-refractivity contribution is 9.10. The van der Waals surface area contributed by atoms with Crippen molar-refractivity contribution in [1.29, 1.82) is 0 Å². The van der Waals surface area contributed by atoms with Gasteiger partial charge in [0, 0.05) is 48.5 Å².